The predicted molar refractivity (Wildman–Crippen MR) is 325 cm³/mol. The molecule has 0 fully saturated rings. The van der Waals surface area contributed by atoms with Crippen LogP contribution in [0, 0.1) is 6.92 Å². The smallest absolute Gasteiger partial charge is 0.333 e. The maximum Gasteiger partial charge on any atom is 0.333 e. The third-order valence-electron chi connectivity index (χ3n) is 16.7. The minimum atomic E-state index is -0.213. The summed E-state index contributed by atoms with van der Waals surface area (Å²) in [7, 11) is 0. The lowest BCUT2D eigenvalue weighted by molar-refractivity contribution is 0.660. The van der Waals surface area contributed by atoms with Crippen molar-refractivity contribution in [2.45, 2.75) is 78.6 Å². The fourth-order valence-electron chi connectivity index (χ4n) is 12.9. The Hall–Kier alpha value is -8.34. The maximum atomic E-state index is 2.71. The van der Waals surface area contributed by atoms with Crippen LogP contribution in [0.3, 0.4) is 0 Å². The summed E-state index contributed by atoms with van der Waals surface area (Å²) in [6, 6.07) is 85.3. The fourth-order valence-corrected chi connectivity index (χ4v) is 12.9. The van der Waals surface area contributed by atoms with Crippen LogP contribution in [-0.4, -0.2) is 6.85 Å². The van der Waals surface area contributed by atoms with Crippen LogP contribution in [0.2, 0.25) is 0 Å². The predicted octanol–water partition coefficient (Wildman–Crippen LogP) is 18.5. The molecule has 3 aliphatic rings. The van der Waals surface area contributed by atoms with Crippen LogP contribution in [-0.2, 0) is 18.3 Å². The quantitative estimate of drug-likeness (QED) is 0.107. The van der Waals surface area contributed by atoms with Crippen molar-refractivity contribution >= 4 is 63.3 Å². The van der Waals surface area contributed by atoms with Crippen LogP contribution in [0.25, 0.3) is 44.5 Å². The highest BCUT2D eigenvalue weighted by Crippen LogP contribution is 2.58. The van der Waals surface area contributed by atoms with Gasteiger partial charge in [0.1, 0.15) is 0 Å². The second kappa shape index (κ2) is 19.4. The third kappa shape index (κ3) is 7.88. The average molecular weight is 982 g/mol. The Morgan fingerprint density at radius 2 is 1.08 bits per heavy atom. The van der Waals surface area contributed by atoms with Crippen molar-refractivity contribution in [2.75, 3.05) is 14.6 Å². The minimum absolute atomic E-state index is 0.180. The first-order chi connectivity index (χ1) is 37.3. The number of hydrogen-bond acceptors (Lipinski definition) is 3. The minimum Gasteiger partial charge on any atom is -0.376 e. The number of nitrogens with zero attached hydrogens (tertiary/aromatic N) is 3. The summed E-state index contributed by atoms with van der Waals surface area (Å²) in [5.74, 6) is 0. The SMILES string of the molecule is CCCCc1ccc(N(c2ccccc2)c2ccc3c(c2)N(c2ccccc2)B2c4ccc5c(c4N(c4ccc(CCCC)cc4-c4ccccc4)c4cc(-c6ccccc6C)cc-3c42)-c2ccccc2C5(C)C)cc1. The highest BCUT2D eigenvalue weighted by molar-refractivity contribution is 6.93. The van der Waals surface area contributed by atoms with Gasteiger partial charge in [-0.2, -0.15) is 0 Å². The van der Waals surface area contributed by atoms with Gasteiger partial charge >= 0.3 is 6.85 Å². The molecule has 13 rings (SSSR count). The number of unbranched alkanes of at least 4 members (excludes halogenated alkanes) is 2. The van der Waals surface area contributed by atoms with Gasteiger partial charge in [0.2, 0.25) is 0 Å². The molecule has 4 heteroatoms. The monoisotopic (exact) mass is 982 g/mol. The Kier molecular flexibility index (Phi) is 12.1. The summed E-state index contributed by atoms with van der Waals surface area (Å²) in [6.07, 6.45) is 6.80. The zero-order valence-corrected chi connectivity index (χ0v) is 44.5. The molecule has 0 spiro atoms. The van der Waals surface area contributed by atoms with Crippen LogP contribution in [0.15, 0.2) is 224 Å². The number of rotatable bonds is 13. The molecule has 0 saturated carbocycles. The molecule has 10 aromatic rings. The molecule has 2 heterocycles. The van der Waals surface area contributed by atoms with Gasteiger partial charge in [-0.3, -0.25) is 0 Å². The Bertz CT molecular complexity index is 3790. The van der Waals surface area contributed by atoms with E-state index in [1.54, 1.807) is 0 Å². The number of aryl methyl sites for hydroxylation is 3. The lowest BCUT2D eigenvalue weighted by atomic mass is 9.43. The molecule has 3 nitrogen and oxygen atoms in total. The summed E-state index contributed by atoms with van der Waals surface area (Å²) >= 11 is 0. The van der Waals surface area contributed by atoms with E-state index in [-0.39, 0.29) is 12.3 Å². The van der Waals surface area contributed by atoms with E-state index in [1.165, 1.54) is 119 Å². The van der Waals surface area contributed by atoms with Gasteiger partial charge in [0.25, 0.3) is 0 Å². The summed E-state index contributed by atoms with van der Waals surface area (Å²) < 4.78 is 0. The van der Waals surface area contributed by atoms with Gasteiger partial charge in [0, 0.05) is 56.2 Å². The van der Waals surface area contributed by atoms with Gasteiger partial charge in [-0.1, -0.05) is 192 Å². The van der Waals surface area contributed by atoms with E-state index in [2.05, 4.69) is 274 Å². The van der Waals surface area contributed by atoms with Crippen LogP contribution in [0.1, 0.15) is 81.2 Å². The van der Waals surface area contributed by atoms with E-state index in [0.717, 1.165) is 48.4 Å². The zero-order valence-electron chi connectivity index (χ0n) is 44.5. The van der Waals surface area contributed by atoms with Crippen LogP contribution < -0.4 is 25.5 Å². The highest BCUT2D eigenvalue weighted by atomic mass is 15.2. The molecule has 0 atom stereocenters. The molecule has 0 radical (unpaired) electrons. The van der Waals surface area contributed by atoms with E-state index < -0.39 is 0 Å². The first kappa shape index (κ1) is 47.4. The topological polar surface area (TPSA) is 9.72 Å². The molecule has 0 aromatic heterocycles. The van der Waals surface area contributed by atoms with E-state index in [1.807, 2.05) is 0 Å². The first-order valence-corrected chi connectivity index (χ1v) is 27.7. The van der Waals surface area contributed by atoms with Gasteiger partial charge in [-0.25, -0.2) is 0 Å². The number of fused-ring (bicyclic) bond motifs is 8. The molecule has 76 heavy (non-hydrogen) atoms. The van der Waals surface area contributed by atoms with Crippen LogP contribution in [0.5, 0.6) is 0 Å². The molecule has 0 amide bonds. The van der Waals surface area contributed by atoms with E-state index in [9.17, 15) is 0 Å². The third-order valence-corrected chi connectivity index (χ3v) is 16.7. The van der Waals surface area contributed by atoms with E-state index >= 15 is 0 Å². The van der Waals surface area contributed by atoms with Gasteiger partial charge < -0.3 is 14.6 Å². The van der Waals surface area contributed by atoms with Crippen molar-refractivity contribution in [2.24, 2.45) is 0 Å². The molecule has 2 aliphatic heterocycles. The Morgan fingerprint density at radius 3 is 1.82 bits per heavy atom. The zero-order chi connectivity index (χ0) is 51.5. The maximum absolute atomic E-state index is 2.71. The average Bonchev–Trinajstić information content (AvgIpc) is 3.74. The van der Waals surface area contributed by atoms with Gasteiger partial charge in [0.05, 0.1) is 11.4 Å². The summed E-state index contributed by atoms with van der Waals surface area (Å²) in [4.78, 5) is 7.82. The van der Waals surface area contributed by atoms with Crippen LogP contribution >= 0.6 is 0 Å². The normalized spacial score (nSPS) is 13.4. The fraction of sp³-hybridized carbons (Fsp3) is 0.167. The molecule has 10 aromatic carbocycles. The van der Waals surface area contributed by atoms with Crippen molar-refractivity contribution in [1.82, 2.24) is 0 Å². The second-order valence-corrected chi connectivity index (χ2v) is 21.8. The second-order valence-electron chi connectivity index (χ2n) is 21.8. The van der Waals surface area contributed by atoms with Crippen molar-refractivity contribution < 1.29 is 0 Å². The number of para-hydroxylation sites is 2. The molecule has 0 bridgehead atoms. The molecule has 0 saturated heterocycles. The molecular formula is C72H64BN3. The van der Waals surface area contributed by atoms with E-state index in [0.29, 0.717) is 0 Å². The number of benzene rings is 10. The molecule has 370 valence electrons. The molecule has 1 aliphatic carbocycles. The van der Waals surface area contributed by atoms with Gasteiger partial charge in [0.15, 0.2) is 0 Å². The number of hydrogen-bond donors (Lipinski definition) is 0. The van der Waals surface area contributed by atoms with Crippen molar-refractivity contribution in [3.8, 4) is 44.5 Å². The standard InChI is InChI=1S/C72H64BN3/c1-6-8-24-50-35-38-55(39-36-50)74(54-28-15-11-16-29-54)57-40-41-59-62-46-53(58-32-20-19-23-49(58)3)47-68-70(62)73(76(67(59)48-57)56-30-17-12-18-31-56)65-43-42-64-69(60-33-21-22-34-63(60)72(64,4)5)71(65)75(68)66-44-37-51(25-9-7-2)45-61(66)52-26-13-10-14-27-52/h10-23,26-48H,6-9,24-25H2,1-5H3. The molecule has 0 N–H and O–H groups in total. The number of anilines is 8. The summed E-state index contributed by atoms with van der Waals surface area (Å²) in [5, 5.41) is 0. The highest BCUT2D eigenvalue weighted by Gasteiger charge is 2.49. The van der Waals surface area contributed by atoms with Crippen molar-refractivity contribution in [3.63, 3.8) is 0 Å². The first-order valence-electron chi connectivity index (χ1n) is 27.7. The summed E-state index contributed by atoms with van der Waals surface area (Å²) in [6.45, 7) is 11.5. The van der Waals surface area contributed by atoms with Crippen molar-refractivity contribution in [3.05, 3.63) is 252 Å². The Labute approximate surface area is 450 Å². The molecule has 0 unspecified atom stereocenters. The van der Waals surface area contributed by atoms with Crippen molar-refractivity contribution in [1.29, 1.82) is 0 Å². The Morgan fingerprint density at radius 1 is 0.447 bits per heavy atom. The largest absolute Gasteiger partial charge is 0.376 e. The summed E-state index contributed by atoms with van der Waals surface area (Å²) in [5.41, 5.74) is 28.6. The van der Waals surface area contributed by atoms with E-state index in [4.69, 9.17) is 0 Å². The van der Waals surface area contributed by atoms with Gasteiger partial charge in [-0.05, 0) is 172 Å². The molecular weight excluding hydrogens is 918 g/mol. The van der Waals surface area contributed by atoms with Gasteiger partial charge in [-0.15, -0.1) is 0 Å². The van der Waals surface area contributed by atoms with Crippen LogP contribution in [0.4, 0.5) is 45.5 Å². The Balaban J connectivity index is 1.15. The lowest BCUT2D eigenvalue weighted by Gasteiger charge is -2.47. The lowest BCUT2D eigenvalue weighted by Crippen LogP contribution is -2.61.